The van der Waals surface area contributed by atoms with Gasteiger partial charge >= 0.3 is 5.97 Å². The quantitative estimate of drug-likeness (QED) is 0.560. The highest BCUT2D eigenvalue weighted by atomic mass is 35.5. The third-order valence-corrected chi connectivity index (χ3v) is 7.11. The molecule has 0 atom stereocenters. The van der Waals surface area contributed by atoms with E-state index in [2.05, 4.69) is 6.92 Å². The molecule has 5 heteroatoms. The third-order valence-electron chi connectivity index (χ3n) is 3.51. The molecule has 2 aromatic rings. The van der Waals surface area contributed by atoms with Gasteiger partial charge in [0, 0.05) is 16.5 Å². The molecule has 0 spiro atoms. The molecule has 0 aromatic heterocycles. The summed E-state index contributed by atoms with van der Waals surface area (Å²) in [6, 6.07) is 14.5. The fourth-order valence-corrected chi connectivity index (χ4v) is 5.27. The van der Waals surface area contributed by atoms with Gasteiger partial charge in [-0.15, -0.1) is 23.5 Å². The van der Waals surface area contributed by atoms with E-state index in [0.717, 1.165) is 0 Å². The Morgan fingerprint density at radius 3 is 2.23 bits per heavy atom. The fourth-order valence-electron chi connectivity index (χ4n) is 2.26. The molecule has 0 unspecified atom stereocenters. The van der Waals surface area contributed by atoms with Crippen molar-refractivity contribution in [2.45, 2.75) is 11.0 Å². The number of ether oxygens (including phenoxy) is 1. The number of rotatable bonds is 3. The molecule has 0 radical (unpaired) electrons. The van der Waals surface area contributed by atoms with Gasteiger partial charge in [0.25, 0.3) is 0 Å². The van der Waals surface area contributed by atoms with E-state index >= 15 is 0 Å². The predicted molar refractivity (Wildman–Crippen MR) is 95.1 cm³/mol. The number of thioether (sulfide) groups is 2. The van der Waals surface area contributed by atoms with E-state index in [4.69, 9.17) is 16.3 Å². The molecule has 0 aliphatic carbocycles. The normalized spacial score (nSPS) is 16.5. The summed E-state index contributed by atoms with van der Waals surface area (Å²) in [4.78, 5) is 12.1. The highest BCUT2D eigenvalue weighted by molar-refractivity contribution is 8.20. The smallest absolute Gasteiger partial charge is 0.343 e. The van der Waals surface area contributed by atoms with Crippen molar-refractivity contribution in [1.29, 1.82) is 0 Å². The first-order valence-electron chi connectivity index (χ1n) is 6.93. The molecular formula is C17H15ClO2S2. The number of carbonyl (C=O) groups excluding carboxylic acids is 1. The van der Waals surface area contributed by atoms with Crippen molar-refractivity contribution in [2.75, 3.05) is 11.5 Å². The number of halogens is 1. The van der Waals surface area contributed by atoms with E-state index in [-0.39, 0.29) is 10.0 Å². The van der Waals surface area contributed by atoms with Gasteiger partial charge in [-0.25, -0.2) is 4.79 Å². The second-order valence-electron chi connectivity index (χ2n) is 5.06. The number of esters is 1. The van der Waals surface area contributed by atoms with Crippen LogP contribution < -0.4 is 4.74 Å². The van der Waals surface area contributed by atoms with E-state index in [1.165, 1.54) is 17.1 Å². The van der Waals surface area contributed by atoms with Gasteiger partial charge in [0.05, 0.1) is 9.64 Å². The molecule has 1 heterocycles. The Kier molecular flexibility index (Phi) is 4.71. The number of hydrogen-bond acceptors (Lipinski definition) is 4. The van der Waals surface area contributed by atoms with Gasteiger partial charge in [0.1, 0.15) is 5.75 Å². The van der Waals surface area contributed by atoms with Crippen molar-refractivity contribution in [2.24, 2.45) is 0 Å². The topological polar surface area (TPSA) is 26.3 Å². The number of carbonyl (C=O) groups is 1. The summed E-state index contributed by atoms with van der Waals surface area (Å²) in [5, 5.41) is 0.598. The molecule has 1 saturated heterocycles. The second-order valence-corrected chi connectivity index (χ2v) is 8.79. The van der Waals surface area contributed by atoms with Crippen LogP contribution in [0.4, 0.5) is 0 Å². The maximum Gasteiger partial charge on any atom is 0.343 e. The van der Waals surface area contributed by atoms with Gasteiger partial charge in [-0.3, -0.25) is 0 Å². The molecule has 0 N–H and O–H groups in total. The van der Waals surface area contributed by atoms with Crippen molar-refractivity contribution in [3.8, 4) is 5.75 Å². The predicted octanol–water partition coefficient (Wildman–Crippen LogP) is 5.21. The standard InChI is InChI=1S/C17H15ClO2S2/c1-17(21-10-11-22-17)13-4-8-15(9-5-13)20-16(19)12-2-6-14(18)7-3-12/h2-9H,10-11H2,1H3. The molecule has 0 bridgehead atoms. The van der Waals surface area contributed by atoms with Gasteiger partial charge in [-0.1, -0.05) is 23.7 Å². The number of benzene rings is 2. The summed E-state index contributed by atoms with van der Waals surface area (Å²) in [6.07, 6.45) is 0. The van der Waals surface area contributed by atoms with Crippen LogP contribution in [0.3, 0.4) is 0 Å². The average Bonchev–Trinajstić information content (AvgIpc) is 2.96. The van der Waals surface area contributed by atoms with E-state index in [0.29, 0.717) is 16.3 Å². The van der Waals surface area contributed by atoms with E-state index in [9.17, 15) is 4.79 Å². The largest absolute Gasteiger partial charge is 0.423 e. The Hall–Kier alpha value is -1.10. The van der Waals surface area contributed by atoms with Crippen LogP contribution in [0.2, 0.25) is 5.02 Å². The van der Waals surface area contributed by atoms with E-state index in [1.54, 1.807) is 24.3 Å². The molecule has 22 heavy (non-hydrogen) atoms. The molecule has 2 nitrogen and oxygen atoms in total. The molecule has 0 saturated carbocycles. The molecular weight excluding hydrogens is 336 g/mol. The highest BCUT2D eigenvalue weighted by Gasteiger charge is 2.32. The average molecular weight is 351 g/mol. The van der Waals surface area contributed by atoms with Gasteiger partial charge in [0.2, 0.25) is 0 Å². The Labute approximate surface area is 143 Å². The molecule has 3 rings (SSSR count). The second kappa shape index (κ2) is 6.57. The maximum atomic E-state index is 12.1. The zero-order valence-electron chi connectivity index (χ0n) is 12.0. The maximum absolute atomic E-state index is 12.1. The minimum atomic E-state index is -0.375. The molecule has 114 valence electrons. The van der Waals surface area contributed by atoms with Crippen molar-refractivity contribution in [1.82, 2.24) is 0 Å². The van der Waals surface area contributed by atoms with Crippen LogP contribution in [0.5, 0.6) is 5.75 Å². The van der Waals surface area contributed by atoms with Crippen LogP contribution in [-0.2, 0) is 4.08 Å². The SMILES string of the molecule is CC1(c2ccc(OC(=O)c3ccc(Cl)cc3)cc2)SCCS1. The Morgan fingerprint density at radius 2 is 1.64 bits per heavy atom. The highest BCUT2D eigenvalue weighted by Crippen LogP contribution is 2.51. The van der Waals surface area contributed by atoms with Crippen LogP contribution in [-0.4, -0.2) is 17.5 Å². The van der Waals surface area contributed by atoms with E-state index in [1.807, 2.05) is 47.8 Å². The summed E-state index contributed by atoms with van der Waals surface area (Å²) in [5.74, 6) is 2.53. The van der Waals surface area contributed by atoms with Crippen LogP contribution in [0.25, 0.3) is 0 Å². The summed E-state index contributed by atoms with van der Waals surface area (Å²) in [7, 11) is 0. The van der Waals surface area contributed by atoms with Crippen molar-refractivity contribution >= 4 is 41.1 Å². The Balaban J connectivity index is 1.71. The number of hydrogen-bond donors (Lipinski definition) is 0. The molecule has 2 aromatic carbocycles. The Bertz CT molecular complexity index is 662. The van der Waals surface area contributed by atoms with E-state index < -0.39 is 0 Å². The summed E-state index contributed by atoms with van der Waals surface area (Å²) in [5.41, 5.74) is 1.74. The lowest BCUT2D eigenvalue weighted by Crippen LogP contribution is -2.10. The van der Waals surface area contributed by atoms with Gasteiger partial charge in [-0.05, 0) is 48.9 Å². The molecule has 1 aliphatic rings. The summed E-state index contributed by atoms with van der Waals surface area (Å²) < 4.78 is 5.51. The zero-order chi connectivity index (χ0) is 15.6. The van der Waals surface area contributed by atoms with Crippen LogP contribution >= 0.6 is 35.1 Å². The van der Waals surface area contributed by atoms with Crippen LogP contribution in [0.1, 0.15) is 22.8 Å². The first-order valence-corrected chi connectivity index (χ1v) is 9.28. The molecule has 1 fully saturated rings. The van der Waals surface area contributed by atoms with Gasteiger partial charge in [0.15, 0.2) is 0 Å². The third kappa shape index (κ3) is 3.45. The lowest BCUT2D eigenvalue weighted by Gasteiger charge is -2.22. The van der Waals surface area contributed by atoms with Crippen molar-refractivity contribution < 1.29 is 9.53 Å². The Morgan fingerprint density at radius 1 is 1.05 bits per heavy atom. The minimum Gasteiger partial charge on any atom is -0.423 e. The summed E-state index contributed by atoms with van der Waals surface area (Å²) in [6.45, 7) is 2.24. The van der Waals surface area contributed by atoms with Crippen molar-refractivity contribution in [3.63, 3.8) is 0 Å². The van der Waals surface area contributed by atoms with Gasteiger partial charge in [-0.2, -0.15) is 0 Å². The lowest BCUT2D eigenvalue weighted by atomic mass is 10.1. The summed E-state index contributed by atoms with van der Waals surface area (Å²) >= 11 is 9.73. The zero-order valence-corrected chi connectivity index (χ0v) is 14.4. The minimum absolute atomic E-state index is 0.110. The lowest BCUT2D eigenvalue weighted by molar-refractivity contribution is 0.0735. The monoisotopic (exact) mass is 350 g/mol. The van der Waals surface area contributed by atoms with Crippen LogP contribution in [0, 0.1) is 0 Å². The first kappa shape index (κ1) is 15.8. The molecule has 0 amide bonds. The first-order chi connectivity index (χ1) is 10.6. The molecule has 1 aliphatic heterocycles. The van der Waals surface area contributed by atoms with Crippen molar-refractivity contribution in [3.05, 3.63) is 64.7 Å². The van der Waals surface area contributed by atoms with Crippen LogP contribution in [0.15, 0.2) is 48.5 Å². The fraction of sp³-hybridized carbons (Fsp3) is 0.235. The van der Waals surface area contributed by atoms with Gasteiger partial charge < -0.3 is 4.74 Å².